The summed E-state index contributed by atoms with van der Waals surface area (Å²) in [5, 5.41) is 0. The fourth-order valence-corrected chi connectivity index (χ4v) is 2.55. The van der Waals surface area contributed by atoms with Crippen molar-refractivity contribution in [1.82, 2.24) is 4.90 Å². The molecule has 0 heterocycles. The average Bonchev–Trinajstić information content (AvgIpc) is 2.48. The first kappa shape index (κ1) is 15.5. The lowest BCUT2D eigenvalue weighted by Gasteiger charge is -2.29. The van der Waals surface area contributed by atoms with Crippen molar-refractivity contribution in [1.29, 1.82) is 0 Å². The van der Waals surface area contributed by atoms with Gasteiger partial charge in [0.1, 0.15) is 5.78 Å². The van der Waals surface area contributed by atoms with E-state index in [4.69, 9.17) is 0 Å². The van der Waals surface area contributed by atoms with Gasteiger partial charge < -0.3 is 0 Å². The van der Waals surface area contributed by atoms with E-state index in [0.717, 1.165) is 13.1 Å². The van der Waals surface area contributed by atoms with Crippen molar-refractivity contribution in [3.05, 3.63) is 71.8 Å². The zero-order valence-corrected chi connectivity index (χ0v) is 12.8. The van der Waals surface area contributed by atoms with E-state index in [1.807, 2.05) is 12.1 Å². The Labute approximate surface area is 127 Å². The third kappa shape index (κ3) is 5.16. The van der Waals surface area contributed by atoms with Crippen LogP contribution in [0.2, 0.25) is 0 Å². The van der Waals surface area contributed by atoms with Gasteiger partial charge in [0.25, 0.3) is 0 Å². The van der Waals surface area contributed by atoms with Gasteiger partial charge in [0.05, 0.1) is 0 Å². The molecule has 2 nitrogen and oxygen atoms in total. The number of benzene rings is 2. The normalized spacial score (nSPS) is 12.3. The smallest absolute Gasteiger partial charge is 0.131 e. The molecule has 0 saturated heterocycles. The van der Waals surface area contributed by atoms with E-state index >= 15 is 0 Å². The van der Waals surface area contributed by atoms with Gasteiger partial charge in [-0.05, 0) is 25.0 Å². The lowest BCUT2D eigenvalue weighted by molar-refractivity contribution is -0.118. The SMILES string of the molecule is CC(=O)CC(C)N(Cc1ccccc1)Cc1ccccc1. The minimum absolute atomic E-state index is 0.239. The molecule has 0 aliphatic rings. The highest BCUT2D eigenvalue weighted by Crippen LogP contribution is 2.15. The largest absolute Gasteiger partial charge is 0.300 e. The highest BCUT2D eigenvalue weighted by atomic mass is 16.1. The maximum absolute atomic E-state index is 11.4. The van der Waals surface area contributed by atoms with Crippen LogP contribution in [-0.4, -0.2) is 16.7 Å². The predicted molar refractivity (Wildman–Crippen MR) is 86.9 cm³/mol. The molecule has 21 heavy (non-hydrogen) atoms. The molecule has 0 fully saturated rings. The summed E-state index contributed by atoms with van der Waals surface area (Å²) in [6, 6.07) is 21.1. The van der Waals surface area contributed by atoms with Crippen LogP contribution in [0.3, 0.4) is 0 Å². The fraction of sp³-hybridized carbons (Fsp3) is 0.316. The molecule has 0 amide bonds. The Morgan fingerprint density at radius 2 is 1.33 bits per heavy atom. The van der Waals surface area contributed by atoms with Gasteiger partial charge in [-0.2, -0.15) is 0 Å². The van der Waals surface area contributed by atoms with Crippen LogP contribution in [0, 0.1) is 0 Å². The number of Topliss-reactive ketones (excluding diaryl/α,β-unsaturated/α-hetero) is 1. The summed E-state index contributed by atoms with van der Waals surface area (Å²) in [6.45, 7) is 5.53. The minimum atomic E-state index is 0.239. The van der Waals surface area contributed by atoms with Crippen LogP contribution < -0.4 is 0 Å². The molecular weight excluding hydrogens is 258 g/mol. The number of hydrogen-bond acceptors (Lipinski definition) is 2. The summed E-state index contributed by atoms with van der Waals surface area (Å²) >= 11 is 0. The molecular formula is C19H23NO. The van der Waals surface area contributed by atoms with Crippen LogP contribution >= 0.6 is 0 Å². The van der Waals surface area contributed by atoms with E-state index in [2.05, 4.69) is 60.4 Å². The van der Waals surface area contributed by atoms with Gasteiger partial charge in [0.15, 0.2) is 0 Å². The standard InChI is InChI=1S/C19H23NO/c1-16(13-17(2)21)20(14-18-9-5-3-6-10-18)15-19-11-7-4-8-12-19/h3-12,16H,13-15H2,1-2H3. The van der Waals surface area contributed by atoms with E-state index in [-0.39, 0.29) is 11.8 Å². The monoisotopic (exact) mass is 281 g/mol. The van der Waals surface area contributed by atoms with Crippen LogP contribution in [-0.2, 0) is 17.9 Å². The van der Waals surface area contributed by atoms with Gasteiger partial charge in [0.2, 0.25) is 0 Å². The molecule has 0 aromatic heterocycles. The number of nitrogens with zero attached hydrogens (tertiary/aromatic N) is 1. The lowest BCUT2D eigenvalue weighted by atomic mass is 10.1. The molecule has 1 atom stereocenters. The molecule has 1 unspecified atom stereocenters. The molecule has 2 aromatic carbocycles. The zero-order chi connectivity index (χ0) is 15.1. The van der Waals surface area contributed by atoms with Gasteiger partial charge in [-0.15, -0.1) is 0 Å². The number of carbonyl (C=O) groups is 1. The third-order valence-electron chi connectivity index (χ3n) is 3.66. The van der Waals surface area contributed by atoms with Crippen LogP contribution in [0.4, 0.5) is 0 Å². The van der Waals surface area contributed by atoms with Crippen molar-refractivity contribution in [3.63, 3.8) is 0 Å². The molecule has 0 N–H and O–H groups in total. The van der Waals surface area contributed by atoms with E-state index in [1.165, 1.54) is 11.1 Å². The van der Waals surface area contributed by atoms with Gasteiger partial charge in [-0.3, -0.25) is 9.69 Å². The summed E-state index contributed by atoms with van der Waals surface area (Å²) in [6.07, 6.45) is 0.597. The first-order valence-electron chi connectivity index (χ1n) is 7.46. The maximum atomic E-state index is 11.4. The number of rotatable bonds is 7. The van der Waals surface area contributed by atoms with Crippen molar-refractivity contribution < 1.29 is 4.79 Å². The van der Waals surface area contributed by atoms with Crippen molar-refractivity contribution >= 4 is 5.78 Å². The molecule has 0 bridgehead atoms. The summed E-state index contributed by atoms with van der Waals surface area (Å²) in [4.78, 5) is 13.8. The van der Waals surface area contributed by atoms with E-state index in [9.17, 15) is 4.79 Å². The number of carbonyl (C=O) groups excluding carboxylic acids is 1. The maximum Gasteiger partial charge on any atom is 0.131 e. The minimum Gasteiger partial charge on any atom is -0.300 e. The summed E-state index contributed by atoms with van der Waals surface area (Å²) in [5.74, 6) is 0.244. The Hall–Kier alpha value is -1.93. The molecule has 2 heteroatoms. The van der Waals surface area contributed by atoms with Crippen LogP contribution in [0.25, 0.3) is 0 Å². The number of hydrogen-bond donors (Lipinski definition) is 0. The van der Waals surface area contributed by atoms with Crippen molar-refractivity contribution in [2.24, 2.45) is 0 Å². The molecule has 0 radical (unpaired) electrons. The Kier molecular flexibility index (Phi) is 5.70. The Bertz CT molecular complexity index is 509. The van der Waals surface area contributed by atoms with E-state index < -0.39 is 0 Å². The van der Waals surface area contributed by atoms with Crippen LogP contribution in [0.15, 0.2) is 60.7 Å². The Morgan fingerprint density at radius 3 is 1.71 bits per heavy atom. The molecule has 0 aliphatic heterocycles. The second-order valence-electron chi connectivity index (χ2n) is 5.63. The number of ketones is 1. The topological polar surface area (TPSA) is 20.3 Å². The van der Waals surface area contributed by atoms with Gasteiger partial charge >= 0.3 is 0 Å². The van der Waals surface area contributed by atoms with Gasteiger partial charge in [-0.1, -0.05) is 60.7 Å². The molecule has 110 valence electrons. The zero-order valence-electron chi connectivity index (χ0n) is 12.8. The average molecular weight is 281 g/mol. The van der Waals surface area contributed by atoms with E-state index in [0.29, 0.717) is 6.42 Å². The molecule has 0 aliphatic carbocycles. The summed E-state index contributed by atoms with van der Waals surface area (Å²) < 4.78 is 0. The first-order chi connectivity index (χ1) is 10.1. The van der Waals surface area contributed by atoms with Crippen molar-refractivity contribution in [2.45, 2.75) is 39.4 Å². The Morgan fingerprint density at radius 1 is 0.905 bits per heavy atom. The quantitative estimate of drug-likeness (QED) is 0.763. The van der Waals surface area contributed by atoms with E-state index in [1.54, 1.807) is 6.92 Å². The molecule has 0 spiro atoms. The van der Waals surface area contributed by atoms with Gasteiger partial charge in [-0.25, -0.2) is 0 Å². The molecule has 2 aromatic rings. The Balaban J connectivity index is 2.11. The molecule has 0 saturated carbocycles. The highest BCUT2D eigenvalue weighted by Gasteiger charge is 2.16. The second-order valence-corrected chi connectivity index (χ2v) is 5.63. The van der Waals surface area contributed by atoms with Gasteiger partial charge in [0, 0.05) is 25.6 Å². The van der Waals surface area contributed by atoms with Crippen molar-refractivity contribution in [2.75, 3.05) is 0 Å². The predicted octanol–water partition coefficient (Wildman–Crippen LogP) is 4.06. The second kappa shape index (κ2) is 7.75. The highest BCUT2D eigenvalue weighted by molar-refractivity contribution is 5.76. The third-order valence-corrected chi connectivity index (χ3v) is 3.66. The first-order valence-corrected chi connectivity index (χ1v) is 7.46. The molecule has 2 rings (SSSR count). The summed E-state index contributed by atoms with van der Waals surface area (Å²) in [5.41, 5.74) is 2.56. The van der Waals surface area contributed by atoms with Crippen LogP contribution in [0.1, 0.15) is 31.4 Å². The van der Waals surface area contributed by atoms with Crippen LogP contribution in [0.5, 0.6) is 0 Å². The van der Waals surface area contributed by atoms with Crippen molar-refractivity contribution in [3.8, 4) is 0 Å². The fourth-order valence-electron chi connectivity index (χ4n) is 2.55. The summed E-state index contributed by atoms with van der Waals surface area (Å²) in [7, 11) is 0. The lowest BCUT2D eigenvalue weighted by Crippen LogP contribution is -2.33.